The average Bonchev–Trinajstić information content (AvgIpc) is 3.41. The van der Waals surface area contributed by atoms with Gasteiger partial charge < -0.3 is 38.8 Å². The molecular weight excluding hydrogens is 957 g/mol. The van der Waals surface area contributed by atoms with Crippen LogP contribution in [-0.2, 0) is 28.5 Å². The minimum absolute atomic E-state index is 0.0698. The summed E-state index contributed by atoms with van der Waals surface area (Å²) in [5.41, 5.74) is 0. The smallest absolute Gasteiger partial charge is 0.409 e. The van der Waals surface area contributed by atoms with E-state index >= 15 is 0 Å². The SMILES string of the molecule is CCCCCCCCN(CCCCCC(=O)OCC(CCCCC)CCCCC)C(=O)OCCN(CCOC(=O)N(CCCCCCCC)CCCCCC(=O)OCC(CCCCC)CCCCC)CCN(C)CCO. The van der Waals surface area contributed by atoms with E-state index in [-0.39, 0.29) is 43.9 Å². The zero-order chi connectivity index (χ0) is 56.0. The van der Waals surface area contributed by atoms with Crippen molar-refractivity contribution in [1.82, 2.24) is 19.6 Å². The third kappa shape index (κ3) is 46.3. The number of ether oxygens (including phenoxy) is 4. The topological polar surface area (TPSA) is 138 Å². The molecule has 0 atom stereocenters. The fraction of sp³-hybridized carbons (Fsp3) is 0.937. The fourth-order valence-electron chi connectivity index (χ4n) is 9.81. The van der Waals surface area contributed by atoms with Crippen molar-refractivity contribution in [2.75, 3.05) is 99.0 Å². The van der Waals surface area contributed by atoms with Gasteiger partial charge in [0.25, 0.3) is 0 Å². The molecule has 0 fully saturated rings. The molecule has 0 aliphatic rings. The Bertz CT molecular complexity index is 1200. The first-order valence-corrected chi connectivity index (χ1v) is 32.2. The third-order valence-corrected chi connectivity index (χ3v) is 15.1. The summed E-state index contributed by atoms with van der Waals surface area (Å²) < 4.78 is 23.5. The van der Waals surface area contributed by atoms with Gasteiger partial charge >= 0.3 is 24.1 Å². The summed E-state index contributed by atoms with van der Waals surface area (Å²) in [4.78, 5) is 60.7. The monoisotopic (exact) mass is 1080 g/mol. The van der Waals surface area contributed by atoms with Crippen LogP contribution >= 0.6 is 0 Å². The zero-order valence-electron chi connectivity index (χ0n) is 51.0. The van der Waals surface area contributed by atoms with Gasteiger partial charge in [-0.15, -0.1) is 0 Å². The van der Waals surface area contributed by atoms with E-state index in [0.29, 0.717) is 96.8 Å². The van der Waals surface area contributed by atoms with E-state index in [9.17, 15) is 24.3 Å². The van der Waals surface area contributed by atoms with Gasteiger partial charge in [-0.3, -0.25) is 14.5 Å². The van der Waals surface area contributed by atoms with E-state index in [1.165, 1.54) is 116 Å². The largest absolute Gasteiger partial charge is 0.465 e. The van der Waals surface area contributed by atoms with Crippen LogP contribution in [0.4, 0.5) is 9.59 Å². The van der Waals surface area contributed by atoms with Gasteiger partial charge in [0.05, 0.1) is 19.8 Å². The Balaban J connectivity index is 5.41. The van der Waals surface area contributed by atoms with E-state index in [1.807, 2.05) is 16.8 Å². The second-order valence-corrected chi connectivity index (χ2v) is 22.3. The van der Waals surface area contributed by atoms with E-state index in [2.05, 4.69) is 51.3 Å². The highest BCUT2D eigenvalue weighted by molar-refractivity contribution is 5.70. The number of aliphatic hydroxyl groups excluding tert-OH is 1. The third-order valence-electron chi connectivity index (χ3n) is 15.1. The first-order valence-electron chi connectivity index (χ1n) is 32.2. The van der Waals surface area contributed by atoms with Gasteiger partial charge in [0, 0.05) is 71.7 Å². The molecule has 0 unspecified atom stereocenters. The number of carbonyl (C=O) groups is 4. The van der Waals surface area contributed by atoms with Crippen LogP contribution in [0.2, 0.25) is 0 Å². The molecule has 76 heavy (non-hydrogen) atoms. The number of hydrogen-bond donors (Lipinski definition) is 1. The molecule has 0 spiro atoms. The van der Waals surface area contributed by atoms with Gasteiger partial charge in [-0.05, 0) is 83.1 Å². The van der Waals surface area contributed by atoms with Crippen LogP contribution in [0.3, 0.4) is 0 Å². The Morgan fingerprint density at radius 1 is 0.355 bits per heavy atom. The molecular formula is C63H124N4O9. The number of likely N-dealkylation sites (N-methyl/N-ethyl adjacent to an activating group) is 1. The molecule has 2 amide bonds. The molecule has 0 aromatic rings. The molecule has 0 aromatic carbocycles. The van der Waals surface area contributed by atoms with E-state index in [4.69, 9.17) is 18.9 Å². The average molecular weight is 1080 g/mol. The summed E-state index contributed by atoms with van der Waals surface area (Å²) in [5.74, 6) is 0.695. The number of rotatable bonds is 57. The molecule has 13 heteroatoms. The fourth-order valence-corrected chi connectivity index (χ4v) is 9.81. The molecule has 450 valence electrons. The number of esters is 2. The number of aliphatic hydroxyl groups is 1. The molecule has 0 aliphatic carbocycles. The van der Waals surface area contributed by atoms with Crippen molar-refractivity contribution < 1.29 is 43.2 Å². The van der Waals surface area contributed by atoms with Crippen molar-refractivity contribution in [3.63, 3.8) is 0 Å². The van der Waals surface area contributed by atoms with Gasteiger partial charge in [-0.25, -0.2) is 9.59 Å². The van der Waals surface area contributed by atoms with Crippen molar-refractivity contribution >= 4 is 24.1 Å². The molecule has 0 heterocycles. The summed E-state index contributed by atoms with van der Waals surface area (Å²) in [7, 11) is 1.97. The normalized spacial score (nSPS) is 11.6. The maximum absolute atomic E-state index is 13.7. The van der Waals surface area contributed by atoms with Crippen molar-refractivity contribution in [3.05, 3.63) is 0 Å². The van der Waals surface area contributed by atoms with E-state index < -0.39 is 0 Å². The van der Waals surface area contributed by atoms with Crippen LogP contribution in [-0.4, -0.2) is 148 Å². The van der Waals surface area contributed by atoms with Gasteiger partial charge in [0.1, 0.15) is 13.2 Å². The summed E-state index contributed by atoms with van der Waals surface area (Å²) in [6, 6.07) is 0. The molecule has 0 saturated carbocycles. The van der Waals surface area contributed by atoms with Gasteiger partial charge in [0.15, 0.2) is 0 Å². The predicted molar refractivity (Wildman–Crippen MR) is 316 cm³/mol. The second kappa shape index (κ2) is 55.7. The Morgan fingerprint density at radius 2 is 0.671 bits per heavy atom. The Kier molecular flexibility index (Phi) is 53.7. The van der Waals surface area contributed by atoms with Gasteiger partial charge in [0.2, 0.25) is 0 Å². The first-order chi connectivity index (χ1) is 37.1. The summed E-state index contributed by atoms with van der Waals surface area (Å²) in [6.07, 6.45) is 37.6. The molecule has 0 bridgehead atoms. The lowest BCUT2D eigenvalue weighted by Gasteiger charge is -2.27. The van der Waals surface area contributed by atoms with Crippen LogP contribution in [0.15, 0.2) is 0 Å². The van der Waals surface area contributed by atoms with Crippen molar-refractivity contribution in [2.45, 2.75) is 273 Å². The Morgan fingerprint density at radius 3 is 1.01 bits per heavy atom. The number of carbonyl (C=O) groups excluding carboxylic acids is 4. The second-order valence-electron chi connectivity index (χ2n) is 22.3. The molecule has 1 N–H and O–H groups in total. The molecule has 0 aromatic heterocycles. The summed E-state index contributed by atoms with van der Waals surface area (Å²) in [5, 5.41) is 9.55. The number of amides is 2. The molecule has 13 nitrogen and oxygen atoms in total. The van der Waals surface area contributed by atoms with Crippen LogP contribution in [0.5, 0.6) is 0 Å². The maximum Gasteiger partial charge on any atom is 0.409 e. The highest BCUT2D eigenvalue weighted by Crippen LogP contribution is 2.21. The minimum Gasteiger partial charge on any atom is -0.465 e. The minimum atomic E-state index is -0.305. The molecule has 0 radical (unpaired) electrons. The van der Waals surface area contributed by atoms with E-state index in [1.54, 1.807) is 0 Å². The molecule has 0 saturated heterocycles. The van der Waals surface area contributed by atoms with Crippen molar-refractivity contribution in [3.8, 4) is 0 Å². The lowest BCUT2D eigenvalue weighted by Crippen LogP contribution is -2.40. The predicted octanol–water partition coefficient (Wildman–Crippen LogP) is 15.6. The van der Waals surface area contributed by atoms with Crippen molar-refractivity contribution in [1.29, 1.82) is 0 Å². The summed E-state index contributed by atoms with van der Waals surface area (Å²) >= 11 is 0. The van der Waals surface area contributed by atoms with Gasteiger partial charge in [-0.2, -0.15) is 0 Å². The Labute approximate surface area is 468 Å². The zero-order valence-corrected chi connectivity index (χ0v) is 51.0. The lowest BCUT2D eigenvalue weighted by atomic mass is 9.96. The Hall–Kier alpha value is -2.64. The quantitative estimate of drug-likeness (QED) is 0.0354. The first kappa shape index (κ1) is 73.4. The lowest BCUT2D eigenvalue weighted by molar-refractivity contribution is -0.146. The van der Waals surface area contributed by atoms with Crippen LogP contribution in [0.1, 0.15) is 273 Å². The number of hydrogen-bond acceptors (Lipinski definition) is 11. The number of nitrogens with zero attached hydrogens (tertiary/aromatic N) is 4. The van der Waals surface area contributed by atoms with Gasteiger partial charge in [-0.1, -0.05) is 196 Å². The summed E-state index contributed by atoms with van der Waals surface area (Å²) in [6.45, 7) is 20.3. The maximum atomic E-state index is 13.7. The van der Waals surface area contributed by atoms with Crippen LogP contribution in [0.25, 0.3) is 0 Å². The van der Waals surface area contributed by atoms with Crippen LogP contribution in [0, 0.1) is 11.8 Å². The van der Waals surface area contributed by atoms with E-state index in [0.717, 1.165) is 103 Å². The highest BCUT2D eigenvalue weighted by Gasteiger charge is 2.20. The standard InChI is InChI=1S/C63H124N4O9/c1-8-14-20-22-24-34-44-66(46-36-26-32-42-60(69)75-56-58(38-28-16-10-3)39-29-17-11-4)62(71)73-54-51-65(49-48-64(7)50-53-68)52-55-74-63(72)67(45-35-25-23-21-15-9-2)47-37-27-33-43-61(70)76-57-59(40-30-18-12-5)41-31-19-13-6/h58-59,68H,8-57H2,1-7H3. The van der Waals surface area contributed by atoms with Crippen LogP contribution < -0.4 is 0 Å². The van der Waals surface area contributed by atoms with Crippen molar-refractivity contribution in [2.24, 2.45) is 11.8 Å². The molecule has 0 aliphatic heterocycles. The number of unbranched alkanes of at least 4 members (excludes halogenated alkanes) is 22. The highest BCUT2D eigenvalue weighted by atomic mass is 16.6. The molecule has 0 rings (SSSR count).